The first-order chi connectivity index (χ1) is 11.5. The lowest BCUT2D eigenvalue weighted by molar-refractivity contribution is -0.227. The minimum Gasteiger partial charge on any atom is -0.352 e. The maximum atomic E-state index is 13.8. The van der Waals surface area contributed by atoms with Crippen molar-refractivity contribution in [1.29, 1.82) is 0 Å². The van der Waals surface area contributed by atoms with Gasteiger partial charge in [-0.2, -0.15) is 13.2 Å². The highest BCUT2D eigenvalue weighted by Crippen LogP contribution is 2.66. The van der Waals surface area contributed by atoms with E-state index in [1.807, 2.05) is 0 Å². The quantitative estimate of drug-likeness (QED) is 0.792. The average molecular weight is 359 g/mol. The summed E-state index contributed by atoms with van der Waals surface area (Å²) in [6.45, 7) is -0.464. The van der Waals surface area contributed by atoms with Gasteiger partial charge in [-0.15, -0.1) is 0 Å². The molecule has 0 unspecified atom stereocenters. The summed E-state index contributed by atoms with van der Waals surface area (Å²) in [7, 11) is 0. The second-order valence-electron chi connectivity index (χ2n) is 6.80. The molecule has 5 nitrogen and oxygen atoms in total. The Morgan fingerprint density at radius 3 is 2.40 bits per heavy atom. The fourth-order valence-corrected chi connectivity index (χ4v) is 3.71. The number of hydrogen-bond acceptors (Lipinski definition) is 2. The first-order valence-corrected chi connectivity index (χ1v) is 7.72. The van der Waals surface area contributed by atoms with Crippen LogP contribution < -0.4 is 11.1 Å². The second kappa shape index (κ2) is 5.60. The van der Waals surface area contributed by atoms with Gasteiger partial charge in [-0.1, -0.05) is 12.1 Å². The lowest BCUT2D eigenvalue weighted by atomic mass is 9.46. The lowest BCUT2D eigenvalue weighted by Gasteiger charge is -2.69. The molecule has 3 fully saturated rings. The number of benzene rings is 1. The number of halogens is 4. The van der Waals surface area contributed by atoms with Gasteiger partial charge in [-0.3, -0.25) is 4.79 Å². The fraction of sp³-hybridized carbons (Fsp3) is 0.500. The van der Waals surface area contributed by atoms with Crippen LogP contribution in [-0.4, -0.2) is 34.6 Å². The summed E-state index contributed by atoms with van der Waals surface area (Å²) < 4.78 is 52.4. The molecule has 0 spiro atoms. The molecule has 3 saturated carbocycles. The molecule has 9 heteroatoms. The summed E-state index contributed by atoms with van der Waals surface area (Å²) in [6.07, 6.45) is -3.98. The molecule has 3 amide bonds. The van der Waals surface area contributed by atoms with Crippen molar-refractivity contribution >= 4 is 11.9 Å². The van der Waals surface area contributed by atoms with Crippen LogP contribution in [0.4, 0.5) is 22.4 Å². The molecule has 0 radical (unpaired) electrons. The van der Waals surface area contributed by atoms with Crippen molar-refractivity contribution in [2.45, 2.75) is 43.2 Å². The van der Waals surface area contributed by atoms with Crippen molar-refractivity contribution in [2.24, 2.45) is 5.73 Å². The highest BCUT2D eigenvalue weighted by atomic mass is 19.4. The number of urea groups is 1. The Morgan fingerprint density at radius 2 is 1.88 bits per heavy atom. The third-order valence-electron chi connectivity index (χ3n) is 4.82. The van der Waals surface area contributed by atoms with Crippen LogP contribution in [0.1, 0.15) is 30.4 Å². The highest BCUT2D eigenvalue weighted by Gasteiger charge is 2.72. The number of nitrogens with two attached hydrogens (primary N) is 1. The van der Waals surface area contributed by atoms with Crippen molar-refractivity contribution < 1.29 is 27.2 Å². The van der Waals surface area contributed by atoms with Crippen molar-refractivity contribution in [2.75, 3.05) is 6.54 Å². The molecule has 1 aromatic rings. The maximum Gasteiger partial charge on any atom is 0.416 e. The largest absolute Gasteiger partial charge is 0.416 e. The van der Waals surface area contributed by atoms with Crippen LogP contribution in [0.25, 0.3) is 0 Å². The molecule has 0 saturated heterocycles. The number of carbonyl (C=O) groups excluding carboxylic acids is 2. The molecular weight excluding hydrogens is 342 g/mol. The number of alkyl halides is 4. The summed E-state index contributed by atoms with van der Waals surface area (Å²) in [5.74, 6) is -0.502. The Morgan fingerprint density at radius 1 is 1.24 bits per heavy atom. The van der Waals surface area contributed by atoms with Gasteiger partial charge < -0.3 is 16.0 Å². The van der Waals surface area contributed by atoms with Gasteiger partial charge in [0.05, 0.1) is 17.6 Å². The normalized spacial score (nSPS) is 27.0. The first kappa shape index (κ1) is 17.5. The van der Waals surface area contributed by atoms with Gasteiger partial charge in [0.2, 0.25) is 5.91 Å². The lowest BCUT2D eigenvalue weighted by Crippen LogP contribution is -2.77. The van der Waals surface area contributed by atoms with E-state index in [9.17, 15) is 27.2 Å². The van der Waals surface area contributed by atoms with Gasteiger partial charge in [-0.05, 0) is 17.7 Å². The predicted octanol–water partition coefficient (Wildman–Crippen LogP) is 2.35. The Hall–Kier alpha value is -2.32. The third-order valence-corrected chi connectivity index (χ3v) is 4.82. The number of nitrogens with one attached hydrogen (secondary N) is 1. The molecule has 136 valence electrons. The summed E-state index contributed by atoms with van der Waals surface area (Å²) in [4.78, 5) is 24.6. The molecule has 2 bridgehead atoms. The SMILES string of the molecule is NC(=O)NCC(=O)N(Cc1cccc(C(F)(F)F)c1)C12CC(F)(C1)C2. The fourth-order valence-electron chi connectivity index (χ4n) is 3.71. The molecule has 0 aliphatic heterocycles. The third kappa shape index (κ3) is 3.27. The zero-order valence-corrected chi connectivity index (χ0v) is 13.2. The minimum atomic E-state index is -4.49. The molecular formula is C16H17F4N3O2. The maximum absolute atomic E-state index is 13.8. The van der Waals surface area contributed by atoms with Crippen LogP contribution in [0.5, 0.6) is 0 Å². The number of primary amides is 1. The summed E-state index contributed by atoms with van der Waals surface area (Å²) in [6, 6.07) is 3.78. The Bertz CT molecular complexity index is 700. The minimum absolute atomic E-state index is 0.0841. The molecule has 0 atom stereocenters. The molecule has 0 heterocycles. The summed E-state index contributed by atoms with van der Waals surface area (Å²) in [5.41, 5.74) is 2.47. The molecule has 25 heavy (non-hydrogen) atoms. The van der Waals surface area contributed by atoms with Gasteiger partial charge in [0.15, 0.2) is 0 Å². The first-order valence-electron chi connectivity index (χ1n) is 7.72. The number of nitrogens with zero attached hydrogens (tertiary/aromatic N) is 1. The smallest absolute Gasteiger partial charge is 0.352 e. The number of amides is 3. The number of carbonyl (C=O) groups is 2. The molecule has 3 aliphatic carbocycles. The van der Waals surface area contributed by atoms with Gasteiger partial charge >= 0.3 is 12.2 Å². The van der Waals surface area contributed by atoms with Crippen LogP contribution in [0.3, 0.4) is 0 Å². The molecule has 4 rings (SSSR count). The van der Waals surface area contributed by atoms with Crippen molar-refractivity contribution in [3.8, 4) is 0 Å². The predicted molar refractivity (Wildman–Crippen MR) is 80.0 cm³/mol. The van der Waals surface area contributed by atoms with Gasteiger partial charge in [0.25, 0.3) is 0 Å². The van der Waals surface area contributed by atoms with E-state index in [4.69, 9.17) is 5.73 Å². The van der Waals surface area contributed by atoms with E-state index < -0.39 is 34.9 Å². The van der Waals surface area contributed by atoms with Crippen LogP contribution in [0.2, 0.25) is 0 Å². The van der Waals surface area contributed by atoms with Crippen molar-refractivity contribution in [3.05, 3.63) is 35.4 Å². The molecule has 3 aliphatic rings. The molecule has 3 N–H and O–H groups in total. The number of hydrogen-bond donors (Lipinski definition) is 2. The van der Waals surface area contributed by atoms with Crippen molar-refractivity contribution in [3.63, 3.8) is 0 Å². The monoisotopic (exact) mass is 359 g/mol. The Balaban J connectivity index is 1.79. The Labute approximate surface area is 141 Å². The van der Waals surface area contributed by atoms with Crippen LogP contribution >= 0.6 is 0 Å². The zero-order chi connectivity index (χ0) is 18.5. The van der Waals surface area contributed by atoms with Crippen LogP contribution in [0, 0.1) is 0 Å². The van der Waals surface area contributed by atoms with Gasteiger partial charge in [-0.25, -0.2) is 9.18 Å². The van der Waals surface area contributed by atoms with E-state index in [-0.39, 0.29) is 32.4 Å². The van der Waals surface area contributed by atoms with E-state index in [2.05, 4.69) is 5.32 Å². The van der Waals surface area contributed by atoms with E-state index in [0.717, 1.165) is 12.1 Å². The second-order valence-corrected chi connectivity index (χ2v) is 6.80. The van der Waals surface area contributed by atoms with Gasteiger partial charge in [0, 0.05) is 25.8 Å². The van der Waals surface area contributed by atoms with Gasteiger partial charge in [0.1, 0.15) is 5.67 Å². The van der Waals surface area contributed by atoms with Crippen LogP contribution in [-0.2, 0) is 17.5 Å². The molecule has 1 aromatic carbocycles. The van der Waals surface area contributed by atoms with E-state index in [0.29, 0.717) is 5.56 Å². The topological polar surface area (TPSA) is 75.4 Å². The van der Waals surface area contributed by atoms with E-state index in [1.165, 1.54) is 17.0 Å². The highest BCUT2D eigenvalue weighted by molar-refractivity contribution is 5.84. The number of rotatable bonds is 5. The average Bonchev–Trinajstić information content (AvgIpc) is 2.46. The summed E-state index contributed by atoms with van der Waals surface area (Å²) in [5, 5.41) is 2.17. The summed E-state index contributed by atoms with van der Waals surface area (Å²) >= 11 is 0. The zero-order valence-electron chi connectivity index (χ0n) is 13.2. The van der Waals surface area contributed by atoms with Crippen molar-refractivity contribution in [1.82, 2.24) is 10.2 Å². The van der Waals surface area contributed by atoms with E-state index >= 15 is 0 Å². The molecule has 0 aromatic heterocycles. The Kier molecular flexibility index (Phi) is 3.92. The standard InChI is InChI=1S/C16H17F4N3O2/c17-14-7-15(8-14,9-14)23(12(24)5-22-13(21)25)6-10-2-1-3-11(4-10)16(18,19)20/h1-4H,5-9H2,(H3,21,22,25). The van der Waals surface area contributed by atoms with E-state index in [1.54, 1.807) is 0 Å². The van der Waals surface area contributed by atoms with Crippen LogP contribution in [0.15, 0.2) is 24.3 Å².